The lowest BCUT2D eigenvalue weighted by Crippen LogP contribution is -2.29. The van der Waals surface area contributed by atoms with E-state index < -0.39 is 23.2 Å². The number of hydrogen-bond acceptors (Lipinski definition) is 4. The molecule has 0 radical (unpaired) electrons. The Morgan fingerprint density at radius 2 is 1.76 bits per heavy atom. The number of rotatable bonds is 4. The molecular weight excluding hydrogens is 468 g/mol. The molecule has 0 bridgehead atoms. The zero-order valence-corrected chi connectivity index (χ0v) is 18.8. The third kappa shape index (κ3) is 3.65. The highest BCUT2D eigenvalue weighted by Gasteiger charge is 2.42. The molecule has 4 aromatic rings. The van der Waals surface area contributed by atoms with Crippen molar-refractivity contribution in [2.75, 3.05) is 7.11 Å². The van der Waals surface area contributed by atoms with Gasteiger partial charge in [0.2, 0.25) is 5.76 Å². The van der Waals surface area contributed by atoms with Crippen LogP contribution in [0.15, 0.2) is 69.9 Å². The number of carbonyl (C=O) groups is 1. The van der Waals surface area contributed by atoms with E-state index in [-0.39, 0.29) is 33.9 Å². The smallest absolute Gasteiger partial charge is 0.291 e. The Balaban J connectivity index is 1.70. The van der Waals surface area contributed by atoms with Gasteiger partial charge in [0.15, 0.2) is 5.43 Å². The van der Waals surface area contributed by atoms with Gasteiger partial charge in [-0.15, -0.1) is 0 Å². The summed E-state index contributed by atoms with van der Waals surface area (Å²) in [6.45, 7) is 0.197. The molecule has 1 aliphatic heterocycles. The van der Waals surface area contributed by atoms with E-state index in [1.54, 1.807) is 37.4 Å². The molecule has 166 valence electrons. The molecule has 0 aliphatic carbocycles. The summed E-state index contributed by atoms with van der Waals surface area (Å²) in [4.78, 5) is 28.4. The van der Waals surface area contributed by atoms with Crippen LogP contribution in [0, 0.1) is 5.82 Å². The van der Waals surface area contributed by atoms with Crippen LogP contribution in [0.3, 0.4) is 0 Å². The maximum Gasteiger partial charge on any atom is 0.291 e. The van der Waals surface area contributed by atoms with E-state index in [1.165, 1.54) is 17.0 Å². The number of fused-ring (bicyclic) bond motifs is 2. The molecule has 2 heterocycles. The number of carbonyl (C=O) groups excluding carboxylic acids is 1. The summed E-state index contributed by atoms with van der Waals surface area (Å²) < 4.78 is 24.9. The highest BCUT2D eigenvalue weighted by Crippen LogP contribution is 2.40. The first-order valence-electron chi connectivity index (χ1n) is 10.0. The van der Waals surface area contributed by atoms with E-state index >= 15 is 0 Å². The minimum Gasteiger partial charge on any atom is -0.497 e. The Hall–Kier alpha value is -3.35. The molecule has 0 N–H and O–H groups in total. The van der Waals surface area contributed by atoms with Crippen LogP contribution in [-0.2, 0) is 6.54 Å². The van der Waals surface area contributed by atoms with Crippen LogP contribution in [0.25, 0.3) is 11.0 Å². The fourth-order valence-corrected chi connectivity index (χ4v) is 4.42. The van der Waals surface area contributed by atoms with Gasteiger partial charge in [-0.2, -0.15) is 0 Å². The molecule has 5 rings (SSSR count). The Morgan fingerprint density at radius 1 is 1.00 bits per heavy atom. The molecular formula is C25H16Cl2FNO4. The molecule has 0 saturated heterocycles. The van der Waals surface area contributed by atoms with Crippen molar-refractivity contribution in [3.05, 3.63) is 109 Å². The Kier molecular flexibility index (Phi) is 5.35. The maximum atomic E-state index is 13.9. The van der Waals surface area contributed by atoms with Gasteiger partial charge < -0.3 is 14.1 Å². The molecule has 0 spiro atoms. The van der Waals surface area contributed by atoms with E-state index in [0.29, 0.717) is 16.3 Å². The van der Waals surface area contributed by atoms with Crippen molar-refractivity contribution in [2.24, 2.45) is 0 Å². The van der Waals surface area contributed by atoms with Gasteiger partial charge in [0.05, 0.1) is 34.1 Å². The second-order valence-electron chi connectivity index (χ2n) is 7.67. The van der Waals surface area contributed by atoms with Crippen molar-refractivity contribution in [1.82, 2.24) is 4.90 Å². The topological polar surface area (TPSA) is 59.8 Å². The zero-order valence-electron chi connectivity index (χ0n) is 17.3. The molecule has 8 heteroatoms. The number of amides is 1. The minimum absolute atomic E-state index is 0.0660. The van der Waals surface area contributed by atoms with Gasteiger partial charge in [-0.05, 0) is 53.6 Å². The third-order valence-electron chi connectivity index (χ3n) is 5.70. The molecule has 1 aromatic heterocycles. The first-order valence-corrected chi connectivity index (χ1v) is 10.8. The predicted octanol–water partition coefficient (Wildman–Crippen LogP) is 5.99. The minimum atomic E-state index is -0.784. The lowest BCUT2D eigenvalue weighted by Gasteiger charge is -2.25. The predicted molar refractivity (Wildman–Crippen MR) is 124 cm³/mol. The van der Waals surface area contributed by atoms with Gasteiger partial charge in [-0.25, -0.2) is 4.39 Å². The lowest BCUT2D eigenvalue weighted by atomic mass is 9.98. The fourth-order valence-electron chi connectivity index (χ4n) is 4.11. The van der Waals surface area contributed by atoms with Crippen LogP contribution in [0.1, 0.15) is 33.3 Å². The van der Waals surface area contributed by atoms with Gasteiger partial charge in [0, 0.05) is 6.54 Å². The first-order chi connectivity index (χ1) is 15.9. The SMILES string of the molecule is COc1ccc(CN2C(=O)c3oc4ccc(F)cc4c(=O)c3C2c2ccc(Cl)c(Cl)c2)cc1. The average molecular weight is 484 g/mol. The number of nitrogens with zero attached hydrogens (tertiary/aromatic N) is 1. The molecule has 5 nitrogen and oxygen atoms in total. The summed E-state index contributed by atoms with van der Waals surface area (Å²) >= 11 is 12.3. The van der Waals surface area contributed by atoms with Crippen LogP contribution >= 0.6 is 23.2 Å². The number of ether oxygens (including phenoxy) is 1. The van der Waals surface area contributed by atoms with Crippen LogP contribution < -0.4 is 10.2 Å². The molecule has 1 atom stereocenters. The molecule has 0 fully saturated rings. The van der Waals surface area contributed by atoms with Crippen LogP contribution in [0.4, 0.5) is 4.39 Å². The van der Waals surface area contributed by atoms with Gasteiger partial charge >= 0.3 is 0 Å². The van der Waals surface area contributed by atoms with Gasteiger partial charge in [-0.1, -0.05) is 41.4 Å². The highest BCUT2D eigenvalue weighted by atomic mass is 35.5. The zero-order chi connectivity index (χ0) is 23.3. The van der Waals surface area contributed by atoms with Gasteiger partial charge in [-0.3, -0.25) is 9.59 Å². The van der Waals surface area contributed by atoms with Gasteiger partial charge in [0.1, 0.15) is 17.1 Å². The number of benzene rings is 3. The molecule has 33 heavy (non-hydrogen) atoms. The summed E-state index contributed by atoms with van der Waals surface area (Å²) in [5.41, 5.74) is 1.24. The van der Waals surface area contributed by atoms with Crippen molar-refractivity contribution in [2.45, 2.75) is 12.6 Å². The Bertz CT molecular complexity index is 1470. The maximum absolute atomic E-state index is 13.9. The molecule has 0 saturated carbocycles. The summed E-state index contributed by atoms with van der Waals surface area (Å²) in [6.07, 6.45) is 0. The summed E-state index contributed by atoms with van der Waals surface area (Å²) in [6, 6.07) is 15.0. The average Bonchev–Trinajstić information content (AvgIpc) is 3.08. The highest BCUT2D eigenvalue weighted by molar-refractivity contribution is 6.42. The van der Waals surface area contributed by atoms with E-state index in [9.17, 15) is 14.0 Å². The van der Waals surface area contributed by atoms with Crippen LogP contribution in [-0.4, -0.2) is 17.9 Å². The Labute approximate surface area is 197 Å². The second kappa shape index (κ2) is 8.21. The fraction of sp³-hybridized carbons (Fsp3) is 0.120. The van der Waals surface area contributed by atoms with Crippen molar-refractivity contribution >= 4 is 40.1 Å². The first kappa shape index (κ1) is 21.5. The number of hydrogen-bond donors (Lipinski definition) is 0. The lowest BCUT2D eigenvalue weighted by molar-refractivity contribution is 0.0714. The van der Waals surface area contributed by atoms with E-state index in [0.717, 1.165) is 11.6 Å². The molecule has 1 aliphatic rings. The van der Waals surface area contributed by atoms with Crippen molar-refractivity contribution in [3.63, 3.8) is 0 Å². The largest absolute Gasteiger partial charge is 0.497 e. The van der Waals surface area contributed by atoms with E-state index in [1.807, 2.05) is 12.1 Å². The summed E-state index contributed by atoms with van der Waals surface area (Å²) in [7, 11) is 1.57. The summed E-state index contributed by atoms with van der Waals surface area (Å²) in [5.74, 6) is -0.398. The molecule has 3 aromatic carbocycles. The Morgan fingerprint density at radius 3 is 2.45 bits per heavy atom. The van der Waals surface area contributed by atoms with Crippen LogP contribution in [0.2, 0.25) is 10.0 Å². The molecule has 1 amide bonds. The third-order valence-corrected chi connectivity index (χ3v) is 6.44. The second-order valence-corrected chi connectivity index (χ2v) is 8.49. The molecule has 1 unspecified atom stereocenters. The van der Waals surface area contributed by atoms with Crippen LogP contribution in [0.5, 0.6) is 5.75 Å². The normalized spacial score (nSPS) is 15.2. The van der Waals surface area contributed by atoms with E-state index in [2.05, 4.69) is 0 Å². The van der Waals surface area contributed by atoms with Gasteiger partial charge in [0.25, 0.3) is 5.91 Å². The quantitative estimate of drug-likeness (QED) is 0.357. The number of methoxy groups -OCH3 is 1. The number of halogens is 3. The summed E-state index contributed by atoms with van der Waals surface area (Å²) in [5, 5.41) is 0.702. The monoisotopic (exact) mass is 483 g/mol. The van der Waals surface area contributed by atoms with Crippen molar-refractivity contribution in [1.29, 1.82) is 0 Å². The standard InChI is InChI=1S/C25H16Cl2FNO4/c1-32-16-6-2-13(3-7-16)12-29-22(14-4-8-18(26)19(27)10-14)21-23(30)17-11-15(28)5-9-20(17)33-24(21)25(29)31/h2-11,22H,12H2,1H3. The van der Waals surface area contributed by atoms with Crippen molar-refractivity contribution in [3.8, 4) is 5.75 Å². The van der Waals surface area contributed by atoms with E-state index in [4.69, 9.17) is 32.4 Å². The van der Waals surface area contributed by atoms with Crippen molar-refractivity contribution < 1.29 is 18.3 Å².